The summed E-state index contributed by atoms with van der Waals surface area (Å²) in [5.74, 6) is -0.163. The second-order valence-electron chi connectivity index (χ2n) is 3.24. The molecule has 0 aliphatic carbocycles. The number of hydrogen-bond donors (Lipinski definition) is 2. The summed E-state index contributed by atoms with van der Waals surface area (Å²) in [6.45, 7) is 1.10. The maximum atomic E-state index is 11.7. The fourth-order valence-electron chi connectivity index (χ4n) is 1.18. The van der Waals surface area contributed by atoms with Gasteiger partial charge in [-0.3, -0.25) is 15.0 Å². The molecule has 0 amide bonds. The predicted octanol–water partition coefficient (Wildman–Crippen LogP) is 2.04. The minimum Gasteiger partial charge on any atom is -0.314 e. The number of nitrogens with zero attached hydrogens (tertiary/aromatic N) is 1. The minimum absolute atomic E-state index is 0.163. The summed E-state index contributed by atoms with van der Waals surface area (Å²) in [6.07, 6.45) is 1.65. The monoisotopic (exact) mass is 278 g/mol. The SMILES string of the molecule is O=C(CCNCCOO)c1ncc(Cl)cc1Cl. The van der Waals surface area contributed by atoms with Crippen LogP contribution < -0.4 is 5.32 Å². The smallest absolute Gasteiger partial charge is 0.183 e. The summed E-state index contributed by atoms with van der Waals surface area (Å²) in [5, 5.41) is 11.6. The van der Waals surface area contributed by atoms with Crippen molar-refractivity contribution in [1.29, 1.82) is 0 Å². The Hall–Kier alpha value is -0.720. The number of Topliss-reactive ketones (excluding diaryl/α,β-unsaturated/α-hetero) is 1. The molecule has 0 saturated heterocycles. The number of nitrogens with one attached hydrogen (secondary N) is 1. The van der Waals surface area contributed by atoms with E-state index in [4.69, 9.17) is 28.5 Å². The van der Waals surface area contributed by atoms with Crippen LogP contribution in [0.3, 0.4) is 0 Å². The topological polar surface area (TPSA) is 71.5 Å². The predicted molar refractivity (Wildman–Crippen MR) is 64.7 cm³/mol. The van der Waals surface area contributed by atoms with Gasteiger partial charge in [-0.1, -0.05) is 23.2 Å². The number of carbonyl (C=O) groups is 1. The second kappa shape index (κ2) is 7.58. The molecule has 2 N–H and O–H groups in total. The second-order valence-corrected chi connectivity index (χ2v) is 4.08. The van der Waals surface area contributed by atoms with Crippen LogP contribution in [0.15, 0.2) is 12.3 Å². The van der Waals surface area contributed by atoms with Crippen LogP contribution in [0.1, 0.15) is 16.9 Å². The minimum atomic E-state index is -0.163. The van der Waals surface area contributed by atoms with E-state index in [1.54, 1.807) is 0 Å². The Kier molecular flexibility index (Phi) is 6.39. The first-order valence-corrected chi connectivity index (χ1v) is 5.72. The summed E-state index contributed by atoms with van der Waals surface area (Å²) < 4.78 is 0. The van der Waals surface area contributed by atoms with E-state index in [1.807, 2.05) is 0 Å². The number of ketones is 1. The Morgan fingerprint density at radius 2 is 2.24 bits per heavy atom. The van der Waals surface area contributed by atoms with Crippen LogP contribution in [0.5, 0.6) is 0 Å². The Morgan fingerprint density at radius 1 is 1.47 bits per heavy atom. The van der Waals surface area contributed by atoms with Crippen LogP contribution in [0, 0.1) is 0 Å². The maximum Gasteiger partial charge on any atom is 0.183 e. The fourth-order valence-corrected chi connectivity index (χ4v) is 1.67. The van der Waals surface area contributed by atoms with Crippen molar-refractivity contribution in [3.63, 3.8) is 0 Å². The average molecular weight is 279 g/mol. The number of rotatable bonds is 7. The first kappa shape index (κ1) is 14.3. The van der Waals surface area contributed by atoms with Crippen molar-refractivity contribution in [3.05, 3.63) is 28.0 Å². The molecule has 0 saturated carbocycles. The van der Waals surface area contributed by atoms with E-state index < -0.39 is 0 Å². The van der Waals surface area contributed by atoms with Crippen molar-refractivity contribution in [3.8, 4) is 0 Å². The molecule has 0 aliphatic rings. The highest BCUT2D eigenvalue weighted by Gasteiger charge is 2.11. The van der Waals surface area contributed by atoms with E-state index in [1.165, 1.54) is 12.3 Å². The van der Waals surface area contributed by atoms with E-state index in [9.17, 15) is 4.79 Å². The molecule has 1 aromatic heterocycles. The molecule has 0 aromatic carbocycles. The summed E-state index contributed by atoms with van der Waals surface area (Å²) in [6, 6.07) is 1.48. The van der Waals surface area contributed by atoms with E-state index in [-0.39, 0.29) is 29.5 Å². The lowest BCUT2D eigenvalue weighted by Gasteiger charge is -2.04. The van der Waals surface area contributed by atoms with Gasteiger partial charge >= 0.3 is 0 Å². The molecular weight excluding hydrogens is 267 g/mol. The molecule has 0 radical (unpaired) electrons. The van der Waals surface area contributed by atoms with Gasteiger partial charge in [-0.05, 0) is 6.07 Å². The summed E-state index contributed by atoms with van der Waals surface area (Å²) in [5.41, 5.74) is 0.219. The zero-order valence-corrected chi connectivity index (χ0v) is 10.5. The standard InChI is InChI=1S/C10H12Cl2N2O3/c11-7-5-8(12)10(14-6-7)9(15)1-2-13-3-4-17-16/h5-6,13,16H,1-4H2. The highest BCUT2D eigenvalue weighted by molar-refractivity contribution is 6.36. The molecule has 17 heavy (non-hydrogen) atoms. The fraction of sp³-hybridized carbons (Fsp3) is 0.400. The normalized spacial score (nSPS) is 10.5. The van der Waals surface area contributed by atoms with Crippen molar-refractivity contribution in [2.24, 2.45) is 0 Å². The van der Waals surface area contributed by atoms with Gasteiger partial charge in [0, 0.05) is 25.7 Å². The molecule has 94 valence electrons. The Labute approximate surface area is 109 Å². The largest absolute Gasteiger partial charge is 0.314 e. The highest BCUT2D eigenvalue weighted by Crippen LogP contribution is 2.19. The van der Waals surface area contributed by atoms with Gasteiger partial charge in [-0.2, -0.15) is 0 Å². The maximum absolute atomic E-state index is 11.7. The number of pyridine rings is 1. The molecule has 0 bridgehead atoms. The van der Waals surface area contributed by atoms with E-state index in [2.05, 4.69) is 15.2 Å². The van der Waals surface area contributed by atoms with E-state index in [0.717, 1.165) is 0 Å². The number of hydrogen-bond acceptors (Lipinski definition) is 5. The molecule has 0 spiro atoms. The summed E-state index contributed by atoms with van der Waals surface area (Å²) in [4.78, 5) is 19.5. The van der Waals surface area contributed by atoms with E-state index >= 15 is 0 Å². The number of carbonyl (C=O) groups excluding carboxylic acids is 1. The molecular formula is C10H12Cl2N2O3. The summed E-state index contributed by atoms with van der Waals surface area (Å²) in [7, 11) is 0. The van der Waals surface area contributed by atoms with Gasteiger partial charge < -0.3 is 5.32 Å². The van der Waals surface area contributed by atoms with Gasteiger partial charge in [0.1, 0.15) is 5.69 Å². The molecule has 0 atom stereocenters. The van der Waals surface area contributed by atoms with Gasteiger partial charge in [0.25, 0.3) is 0 Å². The van der Waals surface area contributed by atoms with Gasteiger partial charge in [-0.15, -0.1) is 0 Å². The zero-order valence-electron chi connectivity index (χ0n) is 8.95. The van der Waals surface area contributed by atoms with Gasteiger partial charge in [-0.25, -0.2) is 4.89 Å². The molecule has 1 rings (SSSR count). The molecule has 1 heterocycles. The third-order valence-electron chi connectivity index (χ3n) is 1.97. The number of aromatic nitrogens is 1. The number of halogens is 2. The van der Waals surface area contributed by atoms with Crippen LogP contribution in [0.2, 0.25) is 10.0 Å². The van der Waals surface area contributed by atoms with Crippen molar-refractivity contribution < 1.29 is 14.9 Å². The lowest BCUT2D eigenvalue weighted by atomic mass is 10.2. The molecule has 7 heteroatoms. The Morgan fingerprint density at radius 3 is 2.88 bits per heavy atom. The third kappa shape index (κ3) is 4.97. The van der Waals surface area contributed by atoms with E-state index in [0.29, 0.717) is 18.1 Å². The lowest BCUT2D eigenvalue weighted by molar-refractivity contribution is -0.240. The van der Waals surface area contributed by atoms with Crippen molar-refractivity contribution in [2.45, 2.75) is 6.42 Å². The zero-order chi connectivity index (χ0) is 12.7. The third-order valence-corrected chi connectivity index (χ3v) is 2.47. The van der Waals surface area contributed by atoms with Gasteiger partial charge in [0.2, 0.25) is 0 Å². The van der Waals surface area contributed by atoms with Crippen molar-refractivity contribution in [2.75, 3.05) is 19.7 Å². The van der Waals surface area contributed by atoms with Crippen molar-refractivity contribution in [1.82, 2.24) is 10.3 Å². The van der Waals surface area contributed by atoms with Crippen LogP contribution in [0.4, 0.5) is 0 Å². The average Bonchev–Trinajstić information content (AvgIpc) is 2.28. The van der Waals surface area contributed by atoms with Crippen LogP contribution in [0.25, 0.3) is 0 Å². The molecule has 0 unspecified atom stereocenters. The first-order chi connectivity index (χ1) is 8.15. The van der Waals surface area contributed by atoms with Gasteiger partial charge in [0.05, 0.1) is 16.7 Å². The molecule has 0 aliphatic heterocycles. The Balaban J connectivity index is 2.42. The van der Waals surface area contributed by atoms with Gasteiger partial charge in [0.15, 0.2) is 5.78 Å². The Bertz CT molecular complexity index is 388. The highest BCUT2D eigenvalue weighted by atomic mass is 35.5. The quantitative estimate of drug-likeness (QED) is 0.346. The molecule has 5 nitrogen and oxygen atoms in total. The van der Waals surface area contributed by atoms with Crippen LogP contribution in [-0.4, -0.2) is 35.7 Å². The van der Waals surface area contributed by atoms with Crippen molar-refractivity contribution >= 4 is 29.0 Å². The lowest BCUT2D eigenvalue weighted by Crippen LogP contribution is -2.22. The molecule has 1 aromatic rings. The first-order valence-electron chi connectivity index (χ1n) is 4.96. The summed E-state index contributed by atoms with van der Waals surface area (Å²) >= 11 is 11.5. The van der Waals surface area contributed by atoms with Crippen LogP contribution >= 0.6 is 23.2 Å². The molecule has 0 fully saturated rings. The van der Waals surface area contributed by atoms with Crippen LogP contribution in [-0.2, 0) is 4.89 Å².